The van der Waals surface area contributed by atoms with E-state index in [-0.39, 0.29) is 18.9 Å². The number of carbonyl (C=O) groups excluding carboxylic acids is 1. The Morgan fingerprint density at radius 2 is 2.21 bits per heavy atom. The van der Waals surface area contributed by atoms with E-state index in [2.05, 4.69) is 17.3 Å². The molecule has 3 N–H and O–H groups in total. The van der Waals surface area contributed by atoms with Crippen LogP contribution in [-0.2, 0) is 19.3 Å². The monoisotopic (exact) mass is 401 g/mol. The highest BCUT2D eigenvalue weighted by atomic mass is 32.1. The van der Waals surface area contributed by atoms with Crippen LogP contribution < -0.4 is 25.3 Å². The van der Waals surface area contributed by atoms with Crippen molar-refractivity contribution in [3.8, 4) is 17.2 Å². The van der Waals surface area contributed by atoms with E-state index in [1.54, 1.807) is 18.4 Å². The quantitative estimate of drug-likeness (QED) is 0.819. The molecule has 0 unspecified atom stereocenters. The van der Waals surface area contributed by atoms with Gasteiger partial charge in [-0.15, -0.1) is 11.3 Å². The third-order valence-corrected chi connectivity index (χ3v) is 7.05. The zero-order chi connectivity index (χ0) is 19.4. The van der Waals surface area contributed by atoms with E-state index in [1.807, 2.05) is 6.07 Å². The van der Waals surface area contributed by atoms with Gasteiger partial charge in [-0.3, -0.25) is 9.69 Å². The van der Waals surface area contributed by atoms with Gasteiger partial charge in [-0.05, 0) is 49.9 Å². The van der Waals surface area contributed by atoms with Gasteiger partial charge < -0.3 is 25.3 Å². The summed E-state index contributed by atoms with van der Waals surface area (Å²) in [5, 5.41) is 4.45. The van der Waals surface area contributed by atoms with Crippen LogP contribution in [0.5, 0.6) is 17.2 Å². The molecule has 5 rings (SSSR count). The van der Waals surface area contributed by atoms with Gasteiger partial charge in [0.05, 0.1) is 12.7 Å². The molecule has 1 aromatic carbocycles. The molecule has 7 nitrogen and oxygen atoms in total. The Labute approximate surface area is 167 Å². The average Bonchev–Trinajstić information content (AvgIpc) is 3.37. The number of methoxy groups -OCH3 is 1. The van der Waals surface area contributed by atoms with Gasteiger partial charge in [-0.2, -0.15) is 0 Å². The summed E-state index contributed by atoms with van der Waals surface area (Å²) in [4.78, 5) is 15.7. The minimum atomic E-state index is -0.363. The van der Waals surface area contributed by atoms with Gasteiger partial charge in [0.25, 0.3) is 5.91 Å². The molecule has 28 heavy (non-hydrogen) atoms. The Bertz CT molecular complexity index is 971. The summed E-state index contributed by atoms with van der Waals surface area (Å²) in [6.07, 6.45) is 3.77. The van der Waals surface area contributed by atoms with Crippen LogP contribution in [0, 0.1) is 0 Å². The van der Waals surface area contributed by atoms with E-state index in [9.17, 15) is 4.79 Å². The van der Waals surface area contributed by atoms with E-state index in [4.69, 9.17) is 19.9 Å². The number of amides is 1. The number of aryl methyl sites for hydroxylation is 1. The molecular weight excluding hydrogens is 378 g/mol. The number of hydrogen-bond acceptors (Lipinski definition) is 7. The van der Waals surface area contributed by atoms with E-state index in [0.29, 0.717) is 17.1 Å². The number of nitrogens with zero attached hydrogens (tertiary/aromatic N) is 1. The number of fused-ring (bicyclic) bond motifs is 3. The average molecular weight is 401 g/mol. The number of nitrogens with one attached hydrogen (secondary N) is 1. The second-order valence-corrected chi connectivity index (χ2v) is 8.52. The first-order chi connectivity index (χ1) is 13.6. The largest absolute Gasteiger partial charge is 0.492 e. The molecule has 148 valence electrons. The normalized spacial score (nSPS) is 20.0. The van der Waals surface area contributed by atoms with Gasteiger partial charge in [0.1, 0.15) is 11.2 Å². The maximum atomic E-state index is 12.2. The molecule has 0 bridgehead atoms. The molecule has 1 aromatic heterocycles. The van der Waals surface area contributed by atoms with Crippen LogP contribution >= 0.6 is 11.3 Å². The lowest BCUT2D eigenvalue weighted by molar-refractivity contribution is 0.100. The van der Waals surface area contributed by atoms with Crippen molar-refractivity contribution in [2.45, 2.75) is 31.8 Å². The van der Waals surface area contributed by atoms with Gasteiger partial charge in [0.2, 0.25) is 12.5 Å². The predicted octanol–water partition coefficient (Wildman–Crippen LogP) is 2.67. The molecule has 3 aliphatic rings. The lowest BCUT2D eigenvalue weighted by Gasteiger charge is -2.36. The first kappa shape index (κ1) is 17.6. The summed E-state index contributed by atoms with van der Waals surface area (Å²) in [5.41, 5.74) is 9.72. The number of hydrogen-bond donors (Lipinski definition) is 2. The number of likely N-dealkylation sites (N-methyl/N-ethyl adjacent to an activating group) is 1. The summed E-state index contributed by atoms with van der Waals surface area (Å²) >= 11 is 1.65. The Hall–Kier alpha value is -2.45. The Balaban J connectivity index is 1.61. The molecule has 3 heterocycles. The molecule has 0 spiro atoms. The molecular formula is C20H23N3O4S. The van der Waals surface area contributed by atoms with Crippen LogP contribution in [0.2, 0.25) is 0 Å². The predicted molar refractivity (Wildman–Crippen MR) is 107 cm³/mol. The number of carbonyl (C=O) groups is 1. The minimum absolute atomic E-state index is 0.148. The van der Waals surface area contributed by atoms with Crippen molar-refractivity contribution in [3.05, 3.63) is 33.2 Å². The third-order valence-electron chi connectivity index (χ3n) is 5.83. The van der Waals surface area contributed by atoms with Gasteiger partial charge in [0.15, 0.2) is 11.5 Å². The first-order valence-corrected chi connectivity index (χ1v) is 10.3. The Morgan fingerprint density at radius 3 is 3.00 bits per heavy atom. The van der Waals surface area contributed by atoms with Crippen molar-refractivity contribution in [1.82, 2.24) is 4.90 Å². The number of thiophene rings is 1. The molecule has 2 aromatic rings. The number of anilines is 1. The van der Waals surface area contributed by atoms with E-state index < -0.39 is 0 Å². The van der Waals surface area contributed by atoms with Crippen molar-refractivity contribution >= 4 is 22.2 Å². The lowest BCUT2D eigenvalue weighted by Crippen LogP contribution is -2.37. The number of rotatable bonds is 4. The fourth-order valence-corrected chi connectivity index (χ4v) is 5.82. The van der Waals surface area contributed by atoms with Crippen molar-refractivity contribution in [1.29, 1.82) is 0 Å². The highest BCUT2D eigenvalue weighted by Gasteiger charge is 2.35. The molecule has 1 amide bonds. The number of ether oxygens (including phenoxy) is 3. The highest BCUT2D eigenvalue weighted by Crippen LogP contribution is 2.50. The van der Waals surface area contributed by atoms with E-state index >= 15 is 0 Å². The van der Waals surface area contributed by atoms with Crippen molar-refractivity contribution in [3.63, 3.8) is 0 Å². The van der Waals surface area contributed by atoms with Crippen LogP contribution in [0.15, 0.2) is 6.07 Å². The fraction of sp³-hybridized carbons (Fsp3) is 0.450. The summed E-state index contributed by atoms with van der Waals surface area (Å²) in [5.74, 6) is 1.70. The van der Waals surface area contributed by atoms with Crippen molar-refractivity contribution < 1.29 is 19.0 Å². The number of primary amides is 1. The fourth-order valence-electron chi connectivity index (χ4n) is 4.51. The summed E-state index contributed by atoms with van der Waals surface area (Å²) in [6, 6.07) is 2.05. The topological polar surface area (TPSA) is 86.0 Å². The second-order valence-electron chi connectivity index (χ2n) is 7.42. The number of benzene rings is 1. The van der Waals surface area contributed by atoms with Crippen molar-refractivity contribution in [2.75, 3.05) is 32.8 Å². The standard InChI is InChI=1S/C20H23N3O4S/c1-23-7-6-10-8-12-16(27-9-26-12)17(25-2)14(10)19(23)22-20-15(18(21)24)11-4-3-5-13(11)28-20/h8,19,22H,3-7,9H2,1-2H3,(H2,21,24)/t19-/m1/s1. The molecule has 0 saturated heterocycles. The van der Waals surface area contributed by atoms with Gasteiger partial charge >= 0.3 is 0 Å². The first-order valence-electron chi connectivity index (χ1n) is 9.49. The van der Waals surface area contributed by atoms with Gasteiger partial charge in [0, 0.05) is 17.0 Å². The molecule has 0 fully saturated rings. The lowest BCUT2D eigenvalue weighted by atomic mass is 9.95. The summed E-state index contributed by atoms with van der Waals surface area (Å²) in [7, 11) is 3.72. The molecule has 1 atom stereocenters. The smallest absolute Gasteiger partial charge is 0.251 e. The van der Waals surface area contributed by atoms with Crippen LogP contribution in [0.3, 0.4) is 0 Å². The Morgan fingerprint density at radius 1 is 1.36 bits per heavy atom. The van der Waals surface area contributed by atoms with Gasteiger partial charge in [-0.1, -0.05) is 0 Å². The van der Waals surface area contributed by atoms with E-state index in [1.165, 1.54) is 10.4 Å². The van der Waals surface area contributed by atoms with Crippen LogP contribution in [0.25, 0.3) is 0 Å². The SMILES string of the molecule is COc1c2c(cc3c1[C@H](Nc1sc4c(c1C(N)=O)CCC4)N(C)CC3)OCO2. The maximum absolute atomic E-state index is 12.2. The van der Waals surface area contributed by atoms with Gasteiger partial charge in [-0.25, -0.2) is 0 Å². The zero-order valence-corrected chi connectivity index (χ0v) is 16.8. The molecule has 8 heteroatoms. The second kappa shape index (κ2) is 6.56. The summed E-state index contributed by atoms with van der Waals surface area (Å²) in [6.45, 7) is 1.08. The molecule has 0 saturated carbocycles. The van der Waals surface area contributed by atoms with Crippen LogP contribution in [-0.4, -0.2) is 38.3 Å². The molecule has 1 aliphatic carbocycles. The minimum Gasteiger partial charge on any atom is -0.492 e. The number of nitrogens with two attached hydrogens (primary N) is 1. The third kappa shape index (κ3) is 2.55. The maximum Gasteiger partial charge on any atom is 0.251 e. The zero-order valence-electron chi connectivity index (χ0n) is 16.0. The van der Waals surface area contributed by atoms with Crippen LogP contribution in [0.4, 0.5) is 5.00 Å². The highest BCUT2D eigenvalue weighted by molar-refractivity contribution is 7.16. The Kier molecular flexibility index (Phi) is 4.13. The van der Waals surface area contributed by atoms with Crippen molar-refractivity contribution in [2.24, 2.45) is 5.73 Å². The molecule has 0 radical (unpaired) electrons. The molecule has 2 aliphatic heterocycles. The van der Waals surface area contributed by atoms with E-state index in [0.717, 1.165) is 54.1 Å². The van der Waals surface area contributed by atoms with Crippen LogP contribution in [0.1, 0.15) is 44.5 Å². The summed E-state index contributed by atoms with van der Waals surface area (Å²) < 4.78 is 17.0.